The van der Waals surface area contributed by atoms with Crippen molar-refractivity contribution in [3.63, 3.8) is 0 Å². The predicted molar refractivity (Wildman–Crippen MR) is 95.9 cm³/mol. The summed E-state index contributed by atoms with van der Waals surface area (Å²) in [6, 6.07) is 14.6. The number of fused-ring (bicyclic) bond motifs is 1. The molecule has 1 unspecified atom stereocenters. The highest BCUT2D eigenvalue weighted by Gasteiger charge is 2.40. The van der Waals surface area contributed by atoms with E-state index in [9.17, 15) is 5.11 Å². The summed E-state index contributed by atoms with van der Waals surface area (Å²) in [5.74, 6) is 2.92. The van der Waals surface area contributed by atoms with E-state index in [0.717, 1.165) is 36.4 Å². The van der Waals surface area contributed by atoms with Crippen LogP contribution in [-0.2, 0) is 12.8 Å². The van der Waals surface area contributed by atoms with E-state index in [1.54, 1.807) is 12.3 Å². The molecule has 0 spiro atoms. The van der Waals surface area contributed by atoms with Gasteiger partial charge < -0.3 is 10.0 Å². The molecule has 1 aliphatic heterocycles. The molecule has 1 saturated heterocycles. The largest absolute Gasteiger partial charge is 0.506 e. The Morgan fingerprint density at radius 1 is 1.00 bits per heavy atom. The summed E-state index contributed by atoms with van der Waals surface area (Å²) in [4.78, 5) is 6.91. The van der Waals surface area contributed by atoms with Crippen LogP contribution in [0.4, 0.5) is 0 Å². The quantitative estimate of drug-likeness (QED) is 0.915. The minimum absolute atomic E-state index is 0.249. The number of aromatic hydroxyl groups is 1. The third-order valence-electron chi connectivity index (χ3n) is 5.78. The fourth-order valence-electron chi connectivity index (χ4n) is 4.66. The number of hydrogen-bond donors (Lipinski definition) is 1. The predicted octanol–water partition coefficient (Wildman–Crippen LogP) is 3.53. The maximum absolute atomic E-state index is 9.30. The second-order valence-electron chi connectivity index (χ2n) is 7.56. The normalized spacial score (nSPS) is 26.6. The van der Waals surface area contributed by atoms with Crippen molar-refractivity contribution in [3.8, 4) is 5.75 Å². The molecule has 0 bridgehead atoms. The fourth-order valence-corrected chi connectivity index (χ4v) is 4.66. The van der Waals surface area contributed by atoms with Crippen molar-refractivity contribution in [1.29, 1.82) is 0 Å². The zero-order valence-corrected chi connectivity index (χ0v) is 14.1. The van der Waals surface area contributed by atoms with Crippen LogP contribution < -0.4 is 0 Å². The smallest absolute Gasteiger partial charge is 0.133 e. The van der Waals surface area contributed by atoms with Gasteiger partial charge in [-0.15, -0.1) is 0 Å². The highest BCUT2D eigenvalue weighted by Crippen LogP contribution is 2.42. The first-order valence-corrected chi connectivity index (χ1v) is 9.16. The third-order valence-corrected chi connectivity index (χ3v) is 5.78. The van der Waals surface area contributed by atoms with Gasteiger partial charge in [0, 0.05) is 31.7 Å². The molecule has 2 fully saturated rings. The average molecular weight is 322 g/mol. The Hall–Kier alpha value is -1.87. The van der Waals surface area contributed by atoms with Crippen LogP contribution >= 0.6 is 0 Å². The maximum Gasteiger partial charge on any atom is 0.133 e. The summed E-state index contributed by atoms with van der Waals surface area (Å²) in [5, 5.41) is 9.30. The van der Waals surface area contributed by atoms with Crippen molar-refractivity contribution in [2.24, 2.45) is 17.8 Å². The molecule has 1 saturated carbocycles. The molecule has 3 heteroatoms. The molecule has 2 aliphatic rings. The Morgan fingerprint density at radius 3 is 2.42 bits per heavy atom. The SMILES string of the molecule is Oc1ccc(CCN2C[C@H]3CC(Cc4ccccc4)C[C@H]3C2)nc1. The summed E-state index contributed by atoms with van der Waals surface area (Å²) >= 11 is 0. The van der Waals surface area contributed by atoms with Crippen molar-refractivity contribution in [2.75, 3.05) is 19.6 Å². The lowest BCUT2D eigenvalue weighted by Crippen LogP contribution is -2.25. The van der Waals surface area contributed by atoms with Crippen molar-refractivity contribution in [2.45, 2.75) is 25.7 Å². The van der Waals surface area contributed by atoms with E-state index in [0.29, 0.717) is 0 Å². The van der Waals surface area contributed by atoms with Crippen LogP contribution in [0.3, 0.4) is 0 Å². The number of rotatable bonds is 5. The molecule has 3 atom stereocenters. The summed E-state index contributed by atoms with van der Waals surface area (Å²) in [5.41, 5.74) is 2.57. The highest BCUT2D eigenvalue weighted by atomic mass is 16.3. The summed E-state index contributed by atoms with van der Waals surface area (Å²) in [6.07, 6.45) is 6.57. The topological polar surface area (TPSA) is 36.4 Å². The number of nitrogens with zero attached hydrogens (tertiary/aromatic N) is 2. The Kier molecular flexibility index (Phi) is 4.52. The minimum atomic E-state index is 0.249. The minimum Gasteiger partial charge on any atom is -0.506 e. The Morgan fingerprint density at radius 2 is 1.75 bits per heavy atom. The van der Waals surface area contributed by atoms with Crippen LogP contribution in [-0.4, -0.2) is 34.6 Å². The standard InChI is InChI=1S/C21H26N2O/c24-21-7-6-20(22-13-21)8-9-23-14-18-11-17(12-19(18)15-23)10-16-4-2-1-3-5-16/h1-7,13,17-19,24H,8-12,14-15H2/t17?,18-,19+. The van der Waals surface area contributed by atoms with E-state index < -0.39 is 0 Å². The van der Waals surface area contributed by atoms with Crippen LogP contribution in [0.15, 0.2) is 48.7 Å². The molecule has 1 aromatic heterocycles. The molecule has 1 aliphatic carbocycles. The Labute approximate surface area is 144 Å². The molecule has 4 rings (SSSR count). The average Bonchev–Trinajstić information content (AvgIpc) is 3.13. The lowest BCUT2D eigenvalue weighted by atomic mass is 9.96. The Bertz CT molecular complexity index is 641. The summed E-state index contributed by atoms with van der Waals surface area (Å²) in [7, 11) is 0. The first-order chi connectivity index (χ1) is 11.8. The van der Waals surface area contributed by atoms with Gasteiger partial charge in [-0.1, -0.05) is 30.3 Å². The zero-order valence-electron chi connectivity index (χ0n) is 14.1. The summed E-state index contributed by atoms with van der Waals surface area (Å²) in [6.45, 7) is 3.61. The number of pyridine rings is 1. The molecular formula is C21H26N2O. The van der Waals surface area contributed by atoms with Gasteiger partial charge in [-0.3, -0.25) is 4.98 Å². The number of likely N-dealkylation sites (tertiary alicyclic amines) is 1. The van der Waals surface area contributed by atoms with E-state index >= 15 is 0 Å². The first kappa shape index (κ1) is 15.6. The molecule has 0 radical (unpaired) electrons. The lowest BCUT2D eigenvalue weighted by Gasteiger charge is -2.18. The Balaban J connectivity index is 1.25. The van der Waals surface area contributed by atoms with Crippen molar-refractivity contribution in [1.82, 2.24) is 9.88 Å². The van der Waals surface area contributed by atoms with Gasteiger partial charge >= 0.3 is 0 Å². The number of hydrogen-bond acceptors (Lipinski definition) is 3. The highest BCUT2D eigenvalue weighted by molar-refractivity contribution is 5.18. The van der Waals surface area contributed by atoms with Crippen molar-refractivity contribution < 1.29 is 5.11 Å². The van der Waals surface area contributed by atoms with Gasteiger partial charge in [0.05, 0.1) is 6.20 Å². The summed E-state index contributed by atoms with van der Waals surface area (Å²) < 4.78 is 0. The molecule has 1 N–H and O–H groups in total. The van der Waals surface area contributed by atoms with Crippen molar-refractivity contribution >= 4 is 0 Å². The van der Waals surface area contributed by atoms with Gasteiger partial charge in [-0.05, 0) is 54.7 Å². The zero-order chi connectivity index (χ0) is 16.4. The maximum atomic E-state index is 9.30. The molecule has 3 nitrogen and oxygen atoms in total. The number of benzene rings is 1. The molecule has 0 amide bonds. The fraction of sp³-hybridized carbons (Fsp3) is 0.476. The number of aromatic nitrogens is 1. The molecule has 2 heterocycles. The molecule has 24 heavy (non-hydrogen) atoms. The molecule has 1 aromatic carbocycles. The van der Waals surface area contributed by atoms with Gasteiger partial charge in [0.1, 0.15) is 5.75 Å². The van der Waals surface area contributed by atoms with Gasteiger partial charge in [0.15, 0.2) is 0 Å². The molecular weight excluding hydrogens is 296 g/mol. The lowest BCUT2D eigenvalue weighted by molar-refractivity contribution is 0.299. The monoisotopic (exact) mass is 322 g/mol. The van der Waals surface area contributed by atoms with Gasteiger partial charge in [-0.25, -0.2) is 0 Å². The van der Waals surface area contributed by atoms with E-state index in [4.69, 9.17) is 0 Å². The van der Waals surface area contributed by atoms with E-state index in [1.165, 1.54) is 37.9 Å². The third kappa shape index (κ3) is 3.62. The van der Waals surface area contributed by atoms with Crippen LogP contribution in [0, 0.1) is 17.8 Å². The first-order valence-electron chi connectivity index (χ1n) is 9.16. The van der Waals surface area contributed by atoms with Crippen molar-refractivity contribution in [3.05, 3.63) is 59.9 Å². The van der Waals surface area contributed by atoms with E-state index in [2.05, 4.69) is 40.2 Å². The molecule has 126 valence electrons. The van der Waals surface area contributed by atoms with Crippen LogP contribution in [0.25, 0.3) is 0 Å². The second-order valence-corrected chi connectivity index (χ2v) is 7.56. The van der Waals surface area contributed by atoms with E-state index in [1.807, 2.05) is 6.07 Å². The molecule has 2 aromatic rings. The van der Waals surface area contributed by atoms with Gasteiger partial charge in [-0.2, -0.15) is 0 Å². The van der Waals surface area contributed by atoms with Gasteiger partial charge in [0.25, 0.3) is 0 Å². The van der Waals surface area contributed by atoms with E-state index in [-0.39, 0.29) is 5.75 Å². The van der Waals surface area contributed by atoms with Crippen LogP contribution in [0.2, 0.25) is 0 Å². The van der Waals surface area contributed by atoms with Crippen LogP contribution in [0.1, 0.15) is 24.1 Å². The second kappa shape index (κ2) is 6.94. The van der Waals surface area contributed by atoms with Gasteiger partial charge in [0.2, 0.25) is 0 Å². The van der Waals surface area contributed by atoms with Crippen LogP contribution in [0.5, 0.6) is 5.75 Å².